The largest absolute Gasteiger partial charge is 0.481 e. The van der Waals surface area contributed by atoms with Crippen LogP contribution in [0.15, 0.2) is 91.1 Å². The summed E-state index contributed by atoms with van der Waals surface area (Å²) in [6, 6.07) is 17.6. The third-order valence-corrected chi connectivity index (χ3v) is 10.1. The molecular weight excluding hydrogens is 722 g/mol. The van der Waals surface area contributed by atoms with Gasteiger partial charge in [0.2, 0.25) is 11.8 Å². The predicted octanol–water partition coefficient (Wildman–Crippen LogP) is 1.10. The molecule has 4 aromatic rings. The van der Waals surface area contributed by atoms with Crippen molar-refractivity contribution in [1.29, 1.82) is 0 Å². The highest BCUT2D eigenvalue weighted by Gasteiger charge is 2.47. The Labute approximate surface area is 321 Å². The number of benzene rings is 3. The Hall–Kier alpha value is -6.39. The van der Waals surface area contributed by atoms with Crippen LogP contribution in [-0.2, 0) is 35.1 Å². The van der Waals surface area contributed by atoms with Crippen LogP contribution in [0.2, 0.25) is 0 Å². The van der Waals surface area contributed by atoms with E-state index in [1.54, 1.807) is 66.9 Å². The minimum Gasteiger partial charge on any atom is -0.481 e. The number of amides is 4. The number of aromatic nitrogens is 1. The van der Waals surface area contributed by atoms with Crippen molar-refractivity contribution in [3.8, 4) is 0 Å². The standard InChI is InChI=1S/C40H43N7O9/c41-29(15-16-34(48)49)37(52)46-21-26(44-35(50)23-9-3-1-4-10-23)18-32(46)39(54)56-40(55)33-19-27(45-36(51)24-11-5-2-6-12-24)22-47(33)38(53)30(42)17-25-20-43-31-14-8-7-13-28(25)31/h1-14,20,26-27,29-30,32-33,43H,15-19,21-22,41-42H2,(H,44,50)(H,45,51)(H,48,49). The van der Waals surface area contributed by atoms with E-state index < -0.39 is 84.2 Å². The minimum atomic E-state index is -1.38. The monoisotopic (exact) mass is 765 g/mol. The van der Waals surface area contributed by atoms with Gasteiger partial charge in [0.1, 0.15) is 12.1 Å². The number of carbonyl (C=O) groups is 7. The van der Waals surface area contributed by atoms with Crippen LogP contribution in [0.1, 0.15) is 52.0 Å². The van der Waals surface area contributed by atoms with E-state index in [-0.39, 0.29) is 38.8 Å². The second-order valence-electron chi connectivity index (χ2n) is 14.0. The van der Waals surface area contributed by atoms with Crippen LogP contribution in [0, 0.1) is 0 Å². The summed E-state index contributed by atoms with van der Waals surface area (Å²) in [4.78, 5) is 97.9. The normalized spacial score (nSPS) is 20.2. The van der Waals surface area contributed by atoms with Gasteiger partial charge in [0.05, 0.1) is 12.1 Å². The molecule has 6 unspecified atom stereocenters. The molecule has 292 valence electrons. The van der Waals surface area contributed by atoms with Crippen molar-refractivity contribution in [2.75, 3.05) is 13.1 Å². The van der Waals surface area contributed by atoms with E-state index in [9.17, 15) is 33.6 Å². The third-order valence-electron chi connectivity index (χ3n) is 10.1. The van der Waals surface area contributed by atoms with E-state index in [4.69, 9.17) is 21.3 Å². The second-order valence-corrected chi connectivity index (χ2v) is 14.0. The number of nitrogens with one attached hydrogen (secondary N) is 3. The molecule has 4 amide bonds. The lowest BCUT2D eigenvalue weighted by molar-refractivity contribution is -0.169. The summed E-state index contributed by atoms with van der Waals surface area (Å²) >= 11 is 0. The van der Waals surface area contributed by atoms with Crippen molar-refractivity contribution in [2.24, 2.45) is 11.5 Å². The molecule has 6 rings (SSSR count). The summed E-state index contributed by atoms with van der Waals surface area (Å²) in [5.74, 6) is -5.65. The molecule has 0 bridgehead atoms. The van der Waals surface area contributed by atoms with Crippen LogP contribution < -0.4 is 22.1 Å². The van der Waals surface area contributed by atoms with Gasteiger partial charge in [0.25, 0.3) is 11.8 Å². The van der Waals surface area contributed by atoms with Gasteiger partial charge in [0, 0.05) is 72.7 Å². The molecular formula is C40H43N7O9. The molecule has 0 saturated carbocycles. The SMILES string of the molecule is NC(CCC(=O)O)C(=O)N1CC(NC(=O)c2ccccc2)CC1C(=O)OC(=O)C1CC(NC(=O)c2ccccc2)CN1C(=O)C(N)Cc1c[nH]c2ccccc12. The number of esters is 2. The van der Waals surface area contributed by atoms with Gasteiger partial charge in [-0.1, -0.05) is 54.6 Å². The number of fused-ring (bicyclic) bond motifs is 1. The van der Waals surface area contributed by atoms with Gasteiger partial charge in [-0.05, 0) is 48.7 Å². The molecule has 0 aliphatic carbocycles. The summed E-state index contributed by atoms with van der Waals surface area (Å²) in [7, 11) is 0. The number of aromatic amines is 1. The molecule has 6 atom stereocenters. The van der Waals surface area contributed by atoms with Crippen molar-refractivity contribution in [2.45, 2.75) is 68.4 Å². The third kappa shape index (κ3) is 9.10. The number of carboxylic acid groups (broad SMARTS) is 1. The topological polar surface area (TPSA) is 247 Å². The van der Waals surface area contributed by atoms with Crippen molar-refractivity contribution in [1.82, 2.24) is 25.4 Å². The van der Waals surface area contributed by atoms with Gasteiger partial charge in [-0.25, -0.2) is 9.59 Å². The average molecular weight is 766 g/mol. The van der Waals surface area contributed by atoms with Crippen molar-refractivity contribution in [3.05, 3.63) is 108 Å². The Balaban J connectivity index is 1.20. The Morgan fingerprint density at radius 1 is 0.714 bits per heavy atom. The number of carbonyl (C=O) groups excluding carboxylic acids is 6. The lowest BCUT2D eigenvalue weighted by Crippen LogP contribution is -2.52. The number of para-hydroxylation sites is 1. The zero-order valence-corrected chi connectivity index (χ0v) is 30.3. The van der Waals surface area contributed by atoms with Crippen LogP contribution in [0.4, 0.5) is 0 Å². The molecule has 2 saturated heterocycles. The molecule has 3 heterocycles. The number of nitrogens with zero attached hydrogens (tertiary/aromatic N) is 2. The van der Waals surface area contributed by atoms with Crippen molar-refractivity contribution < 1.29 is 43.4 Å². The first-order valence-corrected chi connectivity index (χ1v) is 18.3. The first kappa shape index (κ1) is 39.3. The highest BCUT2D eigenvalue weighted by Crippen LogP contribution is 2.26. The summed E-state index contributed by atoms with van der Waals surface area (Å²) < 4.78 is 5.40. The number of H-pyrrole nitrogens is 1. The lowest BCUT2D eigenvalue weighted by Gasteiger charge is -2.28. The van der Waals surface area contributed by atoms with Crippen molar-refractivity contribution in [3.63, 3.8) is 0 Å². The van der Waals surface area contributed by atoms with E-state index in [0.29, 0.717) is 11.1 Å². The molecule has 16 nitrogen and oxygen atoms in total. The van der Waals surface area contributed by atoms with Gasteiger partial charge >= 0.3 is 17.9 Å². The molecule has 8 N–H and O–H groups in total. The van der Waals surface area contributed by atoms with Crippen molar-refractivity contribution >= 4 is 52.4 Å². The molecule has 16 heteroatoms. The maximum Gasteiger partial charge on any atom is 0.336 e. The highest BCUT2D eigenvalue weighted by atomic mass is 16.6. The Morgan fingerprint density at radius 2 is 1.20 bits per heavy atom. The van der Waals surface area contributed by atoms with Crippen LogP contribution in [0.5, 0.6) is 0 Å². The minimum absolute atomic E-state index is 0.0979. The number of aliphatic carboxylic acids is 1. The van der Waals surface area contributed by atoms with E-state index in [1.165, 1.54) is 4.90 Å². The molecule has 1 aromatic heterocycles. The zero-order chi connectivity index (χ0) is 39.9. The van der Waals surface area contributed by atoms with Gasteiger partial charge in [0.15, 0.2) is 0 Å². The number of carboxylic acids is 1. The van der Waals surface area contributed by atoms with Gasteiger partial charge < -0.3 is 46.7 Å². The fraction of sp³-hybridized carbons (Fsp3) is 0.325. The van der Waals surface area contributed by atoms with Gasteiger partial charge in [-0.15, -0.1) is 0 Å². The first-order chi connectivity index (χ1) is 26.9. The number of ether oxygens (including phenoxy) is 1. The summed E-state index contributed by atoms with van der Waals surface area (Å²) in [6.45, 7) is -0.274. The second kappa shape index (κ2) is 17.4. The smallest absolute Gasteiger partial charge is 0.336 e. The fourth-order valence-corrected chi connectivity index (χ4v) is 7.22. The molecule has 0 spiro atoms. The molecule has 2 aliphatic rings. The highest BCUT2D eigenvalue weighted by molar-refractivity contribution is 5.98. The van der Waals surface area contributed by atoms with E-state index >= 15 is 0 Å². The Bertz CT molecular complexity index is 2110. The van der Waals surface area contributed by atoms with Crippen LogP contribution in [-0.4, -0.2) is 111 Å². The number of rotatable bonds is 13. The van der Waals surface area contributed by atoms with Crippen LogP contribution in [0.3, 0.4) is 0 Å². The number of hydrogen-bond donors (Lipinski definition) is 6. The number of likely N-dealkylation sites (tertiary alicyclic amines) is 2. The molecule has 3 aromatic carbocycles. The number of nitrogens with two attached hydrogens (primary N) is 2. The molecule has 2 aliphatic heterocycles. The van der Waals surface area contributed by atoms with E-state index in [2.05, 4.69) is 15.6 Å². The van der Waals surface area contributed by atoms with E-state index in [0.717, 1.165) is 21.4 Å². The van der Waals surface area contributed by atoms with Gasteiger partial charge in [-0.3, -0.25) is 24.0 Å². The summed E-state index contributed by atoms with van der Waals surface area (Å²) in [5.41, 5.74) is 14.9. The lowest BCUT2D eigenvalue weighted by atomic mass is 10.0. The van der Waals surface area contributed by atoms with Crippen LogP contribution >= 0.6 is 0 Å². The molecule has 0 radical (unpaired) electrons. The summed E-state index contributed by atoms with van der Waals surface area (Å²) in [6.07, 6.45) is 1.02. The molecule has 56 heavy (non-hydrogen) atoms. The van der Waals surface area contributed by atoms with Crippen LogP contribution in [0.25, 0.3) is 10.9 Å². The predicted molar refractivity (Wildman–Crippen MR) is 202 cm³/mol. The number of hydrogen-bond acceptors (Lipinski definition) is 10. The Kier molecular flexibility index (Phi) is 12.2. The fourth-order valence-electron chi connectivity index (χ4n) is 7.22. The first-order valence-electron chi connectivity index (χ1n) is 18.3. The zero-order valence-electron chi connectivity index (χ0n) is 30.3. The van der Waals surface area contributed by atoms with E-state index in [1.807, 2.05) is 24.3 Å². The maximum absolute atomic E-state index is 14.0. The Morgan fingerprint density at radius 3 is 1.71 bits per heavy atom. The average Bonchev–Trinajstić information content (AvgIpc) is 3.94. The van der Waals surface area contributed by atoms with Gasteiger partial charge in [-0.2, -0.15) is 0 Å². The quantitative estimate of drug-likeness (QED) is 0.0831. The maximum atomic E-state index is 14.0. The summed E-state index contributed by atoms with van der Waals surface area (Å²) in [5, 5.41) is 15.7. The molecule has 2 fully saturated rings.